The fourth-order valence-corrected chi connectivity index (χ4v) is 5.42. The first-order valence-corrected chi connectivity index (χ1v) is 10.8. The van der Waals surface area contributed by atoms with Gasteiger partial charge in [-0.1, -0.05) is 6.92 Å². The largest absolute Gasteiger partial charge is 0.356 e. The van der Waals surface area contributed by atoms with E-state index in [0.717, 1.165) is 44.6 Å². The molecule has 29 heavy (non-hydrogen) atoms. The average Bonchev–Trinajstić information content (AvgIpc) is 2.74. The molecule has 3 fully saturated rings. The van der Waals surface area contributed by atoms with Gasteiger partial charge in [0.25, 0.3) is 0 Å². The lowest BCUT2D eigenvalue weighted by Gasteiger charge is -2.56. The van der Waals surface area contributed by atoms with E-state index in [-0.39, 0.29) is 23.9 Å². The molecule has 0 spiro atoms. The molecule has 7 heteroatoms. The molecule has 4 rings (SSSR count). The predicted molar refractivity (Wildman–Crippen MR) is 109 cm³/mol. The first-order valence-electron chi connectivity index (χ1n) is 10.8. The van der Waals surface area contributed by atoms with Gasteiger partial charge >= 0.3 is 0 Å². The van der Waals surface area contributed by atoms with Crippen molar-refractivity contribution in [1.29, 1.82) is 5.26 Å². The number of nitrogens with one attached hydrogen (secondary N) is 1. The highest BCUT2D eigenvalue weighted by Crippen LogP contribution is 2.42. The van der Waals surface area contributed by atoms with E-state index >= 15 is 0 Å². The number of amides is 2. The highest BCUT2D eigenvalue weighted by Gasteiger charge is 2.49. The van der Waals surface area contributed by atoms with Crippen LogP contribution in [0.5, 0.6) is 0 Å². The fraction of sp³-hybridized carbons (Fsp3) is 0.636. The van der Waals surface area contributed by atoms with Gasteiger partial charge in [0, 0.05) is 44.7 Å². The van der Waals surface area contributed by atoms with Crippen LogP contribution in [-0.2, 0) is 9.59 Å². The molecule has 3 aliphatic rings. The van der Waals surface area contributed by atoms with Gasteiger partial charge in [0.2, 0.25) is 11.8 Å². The Morgan fingerprint density at radius 3 is 3.00 bits per heavy atom. The number of nitrogens with zero attached hydrogens (tertiary/aromatic N) is 4. The van der Waals surface area contributed by atoms with Crippen LogP contribution in [0.15, 0.2) is 18.3 Å². The van der Waals surface area contributed by atoms with Gasteiger partial charge in [-0.25, -0.2) is 4.98 Å². The zero-order valence-electron chi connectivity index (χ0n) is 17.0. The van der Waals surface area contributed by atoms with Crippen LogP contribution in [0, 0.1) is 23.2 Å². The van der Waals surface area contributed by atoms with Crippen molar-refractivity contribution in [3.05, 3.63) is 23.9 Å². The molecule has 1 aromatic heterocycles. The Hall–Kier alpha value is -2.62. The minimum Gasteiger partial charge on any atom is -0.356 e. The molecule has 0 unspecified atom stereocenters. The summed E-state index contributed by atoms with van der Waals surface area (Å²) in [6.07, 6.45) is 6.70. The lowest BCUT2D eigenvalue weighted by molar-refractivity contribution is -0.149. The Kier molecular flexibility index (Phi) is 5.70. The van der Waals surface area contributed by atoms with Crippen molar-refractivity contribution in [3.63, 3.8) is 0 Å². The number of carbonyl (C=O) groups is 2. The summed E-state index contributed by atoms with van der Waals surface area (Å²) in [6, 6.07) is 6.04. The maximum absolute atomic E-state index is 12.8. The van der Waals surface area contributed by atoms with Gasteiger partial charge in [-0.2, -0.15) is 5.26 Å². The maximum Gasteiger partial charge on any atom is 0.223 e. The molecule has 1 aromatic rings. The number of rotatable bonds is 5. The SMILES string of the molecule is CCCC(=O)NC[C@H]1[C@H]2C[C@H](CN(c3cc(C#N)ccn3)C2)[C@@H]2CCCC(=O)N21. The molecule has 4 atom stereocenters. The number of carbonyl (C=O) groups excluding carboxylic acids is 2. The number of nitriles is 1. The zero-order valence-corrected chi connectivity index (χ0v) is 17.0. The van der Waals surface area contributed by atoms with E-state index in [2.05, 4.69) is 26.2 Å². The first-order chi connectivity index (χ1) is 14.1. The number of aromatic nitrogens is 1. The summed E-state index contributed by atoms with van der Waals surface area (Å²) in [6.45, 7) is 4.18. The standard InChI is InChI=1S/C22H29N5O2/c1-2-4-21(28)25-12-19-17-10-16(18-5-3-6-22(29)27(18)19)13-26(14-17)20-9-15(11-23)7-8-24-20/h7-9,16-19H,2-6,10,12-14H2,1H3,(H,25,28)/t16-,17+,18+,19+/m1/s1. The van der Waals surface area contributed by atoms with Crippen molar-refractivity contribution >= 4 is 17.6 Å². The maximum atomic E-state index is 12.8. The van der Waals surface area contributed by atoms with Crippen molar-refractivity contribution in [2.45, 2.75) is 57.5 Å². The average molecular weight is 396 g/mol. The van der Waals surface area contributed by atoms with Crippen LogP contribution in [0.1, 0.15) is 51.0 Å². The molecule has 1 N–H and O–H groups in total. The van der Waals surface area contributed by atoms with Crippen LogP contribution in [-0.4, -0.2) is 53.4 Å². The fourth-order valence-electron chi connectivity index (χ4n) is 5.42. The highest BCUT2D eigenvalue weighted by molar-refractivity contribution is 5.79. The molecule has 154 valence electrons. The summed E-state index contributed by atoms with van der Waals surface area (Å²) in [5, 5.41) is 12.3. The Balaban J connectivity index is 1.58. The van der Waals surface area contributed by atoms with Crippen LogP contribution >= 0.6 is 0 Å². The summed E-state index contributed by atoms with van der Waals surface area (Å²) in [5.41, 5.74) is 0.614. The van der Waals surface area contributed by atoms with Gasteiger partial charge in [-0.3, -0.25) is 9.59 Å². The summed E-state index contributed by atoms with van der Waals surface area (Å²) in [4.78, 5) is 33.8. The number of hydrogen-bond donors (Lipinski definition) is 1. The van der Waals surface area contributed by atoms with Gasteiger partial charge in [-0.05, 0) is 49.7 Å². The van der Waals surface area contributed by atoms with Crippen molar-refractivity contribution in [1.82, 2.24) is 15.2 Å². The van der Waals surface area contributed by atoms with Crippen molar-refractivity contribution in [3.8, 4) is 6.07 Å². The third kappa shape index (κ3) is 3.93. The number of fused-ring (bicyclic) bond motifs is 4. The molecular formula is C22H29N5O2. The first kappa shape index (κ1) is 19.7. The van der Waals surface area contributed by atoms with Crippen molar-refractivity contribution in [2.24, 2.45) is 11.8 Å². The number of pyridine rings is 1. The zero-order chi connectivity index (χ0) is 20.4. The lowest BCUT2D eigenvalue weighted by atomic mass is 9.72. The third-order valence-corrected chi connectivity index (χ3v) is 6.68. The summed E-state index contributed by atoms with van der Waals surface area (Å²) in [5.74, 6) is 1.84. The van der Waals surface area contributed by atoms with Gasteiger partial charge in [-0.15, -0.1) is 0 Å². The van der Waals surface area contributed by atoms with E-state index in [1.165, 1.54) is 0 Å². The van der Waals surface area contributed by atoms with Crippen LogP contribution in [0.25, 0.3) is 0 Å². The van der Waals surface area contributed by atoms with E-state index in [4.69, 9.17) is 0 Å². The van der Waals surface area contributed by atoms with Gasteiger partial charge < -0.3 is 15.1 Å². The van der Waals surface area contributed by atoms with Crippen molar-refractivity contribution < 1.29 is 9.59 Å². The second-order valence-electron chi connectivity index (χ2n) is 8.56. The van der Waals surface area contributed by atoms with E-state index < -0.39 is 0 Å². The molecule has 4 heterocycles. The monoisotopic (exact) mass is 395 g/mol. The van der Waals surface area contributed by atoms with E-state index in [0.29, 0.717) is 36.8 Å². The van der Waals surface area contributed by atoms with Crippen LogP contribution < -0.4 is 10.2 Å². The molecule has 7 nitrogen and oxygen atoms in total. The Morgan fingerprint density at radius 1 is 1.38 bits per heavy atom. The van der Waals surface area contributed by atoms with Crippen LogP contribution in [0.4, 0.5) is 5.82 Å². The molecule has 0 aliphatic carbocycles. The van der Waals surface area contributed by atoms with Gasteiger partial charge in [0.1, 0.15) is 5.82 Å². The summed E-state index contributed by atoms with van der Waals surface area (Å²) >= 11 is 0. The van der Waals surface area contributed by atoms with E-state index in [9.17, 15) is 14.9 Å². The van der Waals surface area contributed by atoms with Gasteiger partial charge in [0.05, 0.1) is 17.7 Å². The molecule has 3 aliphatic heterocycles. The molecular weight excluding hydrogens is 366 g/mol. The second kappa shape index (κ2) is 8.40. The normalized spacial score (nSPS) is 28.5. The molecule has 0 saturated carbocycles. The number of hydrogen-bond acceptors (Lipinski definition) is 5. The molecule has 0 radical (unpaired) electrons. The van der Waals surface area contributed by atoms with Crippen molar-refractivity contribution in [2.75, 3.05) is 24.5 Å². The minimum absolute atomic E-state index is 0.0341. The van der Waals surface area contributed by atoms with Gasteiger partial charge in [0.15, 0.2) is 0 Å². The third-order valence-electron chi connectivity index (χ3n) is 6.68. The number of piperidine rings is 3. The Morgan fingerprint density at radius 2 is 2.21 bits per heavy atom. The topological polar surface area (TPSA) is 89.3 Å². The predicted octanol–water partition coefficient (Wildman–Crippen LogP) is 2.08. The van der Waals surface area contributed by atoms with E-state index in [1.807, 2.05) is 13.0 Å². The second-order valence-corrected chi connectivity index (χ2v) is 8.56. The highest BCUT2D eigenvalue weighted by atomic mass is 16.2. The molecule has 3 saturated heterocycles. The molecule has 2 bridgehead atoms. The van der Waals surface area contributed by atoms with E-state index in [1.54, 1.807) is 12.3 Å². The number of anilines is 1. The smallest absolute Gasteiger partial charge is 0.223 e. The Labute approximate surface area is 172 Å². The van der Waals surface area contributed by atoms with Crippen LogP contribution in [0.3, 0.4) is 0 Å². The Bertz CT molecular complexity index is 820. The lowest BCUT2D eigenvalue weighted by Crippen LogP contribution is -2.67. The van der Waals surface area contributed by atoms with Crippen LogP contribution in [0.2, 0.25) is 0 Å². The molecule has 2 amide bonds. The summed E-state index contributed by atoms with van der Waals surface area (Å²) in [7, 11) is 0. The minimum atomic E-state index is 0.0341. The summed E-state index contributed by atoms with van der Waals surface area (Å²) < 4.78 is 0. The molecule has 0 aromatic carbocycles. The quantitative estimate of drug-likeness (QED) is 0.824.